The molecule has 0 aliphatic heterocycles. The first-order valence-corrected chi connectivity index (χ1v) is 3.25. The van der Waals surface area contributed by atoms with Gasteiger partial charge in [-0.25, -0.2) is 0 Å². The molecule has 1 aromatic rings. The first-order valence-electron chi connectivity index (χ1n) is 3.25. The molecule has 0 unspecified atom stereocenters. The highest BCUT2D eigenvalue weighted by Gasteiger charge is 1.73. The predicted molar refractivity (Wildman–Crippen MR) is 39.8 cm³/mol. The number of nitrogens with one attached hydrogen (secondary N) is 1. The summed E-state index contributed by atoms with van der Waals surface area (Å²) in [6, 6.07) is 1.31. The Labute approximate surface area is 60.0 Å². The third kappa shape index (κ3) is 7.01. The lowest BCUT2D eigenvalue weighted by molar-refractivity contribution is 0.413. The van der Waals surface area contributed by atoms with E-state index in [-0.39, 0.29) is 5.56 Å². The van der Waals surface area contributed by atoms with Crippen LogP contribution in [0.15, 0.2) is 21.6 Å². The van der Waals surface area contributed by atoms with Crippen molar-refractivity contribution in [1.82, 2.24) is 5.16 Å². The number of rotatable bonds is 0. The molecule has 0 aliphatic carbocycles. The quantitative estimate of drug-likeness (QED) is 0.600. The second-order valence-corrected chi connectivity index (χ2v) is 2.62. The van der Waals surface area contributed by atoms with E-state index in [1.165, 1.54) is 12.3 Å². The van der Waals surface area contributed by atoms with Crippen LogP contribution in [0.3, 0.4) is 0 Å². The molecule has 10 heavy (non-hydrogen) atoms. The summed E-state index contributed by atoms with van der Waals surface area (Å²) in [6.07, 6.45) is 1.29. The van der Waals surface area contributed by atoms with E-state index >= 15 is 0 Å². The molecule has 58 valence electrons. The minimum Gasteiger partial charge on any atom is -0.387 e. The fourth-order valence-electron chi connectivity index (χ4n) is 0.222. The lowest BCUT2D eigenvalue weighted by atomic mass is 10.3. The fraction of sp³-hybridized carbons (Fsp3) is 0.571. The van der Waals surface area contributed by atoms with Gasteiger partial charge in [0.15, 0.2) is 0 Å². The molecule has 0 saturated carbocycles. The molecule has 0 amide bonds. The van der Waals surface area contributed by atoms with Gasteiger partial charge in [0.25, 0.3) is 5.56 Å². The van der Waals surface area contributed by atoms with E-state index < -0.39 is 0 Å². The van der Waals surface area contributed by atoms with Crippen LogP contribution in [0.1, 0.15) is 20.8 Å². The molecule has 3 nitrogen and oxygen atoms in total. The van der Waals surface area contributed by atoms with Crippen LogP contribution in [0.4, 0.5) is 0 Å². The molecule has 3 heteroatoms. The molecule has 0 fully saturated rings. The summed E-state index contributed by atoms with van der Waals surface area (Å²) in [4.78, 5) is 9.92. The number of hydrogen-bond donors (Lipinski definition) is 1. The predicted octanol–water partition coefficient (Wildman–Crippen LogP) is 1.63. The maximum atomic E-state index is 9.92. The van der Waals surface area contributed by atoms with Crippen LogP contribution in [0.25, 0.3) is 0 Å². The highest BCUT2D eigenvalue weighted by Crippen LogP contribution is 1.81. The highest BCUT2D eigenvalue weighted by molar-refractivity contribution is 4.71. The summed E-state index contributed by atoms with van der Waals surface area (Å²) in [7, 11) is 0. The lowest BCUT2D eigenvalue weighted by Gasteiger charge is -1.79. The van der Waals surface area contributed by atoms with E-state index in [2.05, 4.69) is 30.5 Å². The van der Waals surface area contributed by atoms with Crippen molar-refractivity contribution in [3.8, 4) is 0 Å². The molecule has 0 radical (unpaired) electrons. The van der Waals surface area contributed by atoms with Crippen molar-refractivity contribution in [3.05, 3.63) is 22.7 Å². The zero-order chi connectivity index (χ0) is 7.98. The van der Waals surface area contributed by atoms with Crippen LogP contribution in [0, 0.1) is 5.92 Å². The molecule has 0 spiro atoms. The van der Waals surface area contributed by atoms with Gasteiger partial charge < -0.3 is 4.52 Å². The van der Waals surface area contributed by atoms with Crippen LogP contribution in [0.2, 0.25) is 0 Å². The summed E-state index contributed by atoms with van der Waals surface area (Å²) in [5, 5.41) is 2.07. The van der Waals surface area contributed by atoms with Crippen molar-refractivity contribution in [2.45, 2.75) is 20.8 Å². The van der Waals surface area contributed by atoms with E-state index in [9.17, 15) is 4.79 Å². The molecule has 1 aromatic heterocycles. The van der Waals surface area contributed by atoms with E-state index in [1.807, 2.05) is 0 Å². The molecular formula is C7H13NO2. The third-order valence-corrected chi connectivity index (χ3v) is 0.447. The topological polar surface area (TPSA) is 46.0 Å². The normalized spacial score (nSPS) is 8.80. The van der Waals surface area contributed by atoms with Gasteiger partial charge in [0, 0.05) is 6.07 Å². The second-order valence-electron chi connectivity index (χ2n) is 2.62. The van der Waals surface area contributed by atoms with Crippen LogP contribution >= 0.6 is 0 Å². The molecule has 0 aromatic carbocycles. The first-order chi connectivity index (χ1) is 4.63. The van der Waals surface area contributed by atoms with E-state index in [4.69, 9.17) is 0 Å². The van der Waals surface area contributed by atoms with Crippen molar-refractivity contribution >= 4 is 0 Å². The summed E-state index contributed by atoms with van der Waals surface area (Å²) in [5.41, 5.74) is -0.199. The van der Waals surface area contributed by atoms with Crippen LogP contribution in [-0.4, -0.2) is 5.16 Å². The standard InChI is InChI=1S/C4H10.C3H3NO2/c1-4(2)3;5-3-1-2-6-4-3/h4H,1-3H3;1-2H,(H,4,5). The first kappa shape index (κ1) is 9.01. The van der Waals surface area contributed by atoms with Gasteiger partial charge in [0.05, 0.1) is 0 Å². The Morgan fingerprint density at radius 2 is 2.00 bits per heavy atom. The average Bonchev–Trinajstić information content (AvgIpc) is 2.15. The van der Waals surface area contributed by atoms with Gasteiger partial charge in [-0.15, -0.1) is 0 Å². The van der Waals surface area contributed by atoms with Gasteiger partial charge in [-0.05, 0) is 5.92 Å². The molecular weight excluding hydrogens is 130 g/mol. The number of aromatic amines is 1. The van der Waals surface area contributed by atoms with Crippen molar-refractivity contribution in [2.24, 2.45) is 5.92 Å². The van der Waals surface area contributed by atoms with E-state index in [0.717, 1.165) is 5.92 Å². The SMILES string of the molecule is CC(C)C.O=c1cco[nH]1. The number of hydrogen-bond acceptors (Lipinski definition) is 2. The maximum Gasteiger partial charge on any atom is 0.279 e. The van der Waals surface area contributed by atoms with E-state index in [0.29, 0.717) is 0 Å². The lowest BCUT2D eigenvalue weighted by Crippen LogP contribution is -1.91. The summed E-state index contributed by atoms with van der Waals surface area (Å²) < 4.78 is 4.28. The van der Waals surface area contributed by atoms with Crippen LogP contribution < -0.4 is 5.56 Å². The Bertz CT molecular complexity index is 180. The molecule has 0 saturated heterocycles. The van der Waals surface area contributed by atoms with Crippen LogP contribution in [-0.2, 0) is 0 Å². The van der Waals surface area contributed by atoms with Gasteiger partial charge >= 0.3 is 0 Å². The highest BCUT2D eigenvalue weighted by atomic mass is 16.5. The van der Waals surface area contributed by atoms with Gasteiger partial charge in [-0.1, -0.05) is 20.8 Å². The Hall–Kier alpha value is -0.990. The van der Waals surface area contributed by atoms with Crippen molar-refractivity contribution < 1.29 is 4.52 Å². The maximum absolute atomic E-state index is 9.92. The molecule has 0 aliphatic rings. The zero-order valence-corrected chi connectivity index (χ0v) is 6.55. The van der Waals surface area contributed by atoms with Gasteiger partial charge in [0.1, 0.15) is 6.26 Å². The number of H-pyrrole nitrogens is 1. The van der Waals surface area contributed by atoms with Crippen molar-refractivity contribution in [1.29, 1.82) is 0 Å². The molecule has 1 rings (SSSR count). The minimum atomic E-state index is -0.199. The zero-order valence-electron chi connectivity index (χ0n) is 6.55. The van der Waals surface area contributed by atoms with Crippen molar-refractivity contribution in [3.63, 3.8) is 0 Å². The second kappa shape index (κ2) is 4.85. The van der Waals surface area contributed by atoms with E-state index in [1.54, 1.807) is 0 Å². The minimum absolute atomic E-state index is 0.199. The molecule has 0 bridgehead atoms. The Kier molecular flexibility index (Phi) is 4.37. The molecule has 1 heterocycles. The van der Waals surface area contributed by atoms with Gasteiger partial charge in [-0.3, -0.25) is 4.79 Å². The summed E-state index contributed by atoms with van der Waals surface area (Å²) in [6.45, 7) is 6.50. The largest absolute Gasteiger partial charge is 0.387 e. The average molecular weight is 143 g/mol. The smallest absolute Gasteiger partial charge is 0.279 e. The number of aromatic nitrogens is 1. The molecule has 1 N–H and O–H groups in total. The van der Waals surface area contributed by atoms with Gasteiger partial charge in [0.2, 0.25) is 0 Å². The third-order valence-electron chi connectivity index (χ3n) is 0.447. The van der Waals surface area contributed by atoms with Gasteiger partial charge in [-0.2, -0.15) is 5.16 Å². The fourth-order valence-corrected chi connectivity index (χ4v) is 0.222. The Balaban J connectivity index is 0.000000180. The van der Waals surface area contributed by atoms with Crippen LogP contribution in [0.5, 0.6) is 0 Å². The molecule has 0 atom stereocenters. The Morgan fingerprint density at radius 3 is 2.10 bits per heavy atom. The summed E-state index contributed by atoms with van der Waals surface area (Å²) in [5.74, 6) is 0.833. The van der Waals surface area contributed by atoms with Crippen molar-refractivity contribution in [2.75, 3.05) is 0 Å². The summed E-state index contributed by atoms with van der Waals surface area (Å²) >= 11 is 0. The monoisotopic (exact) mass is 143 g/mol. The Morgan fingerprint density at radius 1 is 1.50 bits per heavy atom.